The standard InChI is InChI=1S/C6H9BrN4S/c1-9-5-3(7)4(8)10-6(11-5)12-2/h1-2H3,(H3,8,9,10,11). The zero-order valence-electron chi connectivity index (χ0n) is 6.76. The molecule has 0 atom stereocenters. The van der Waals surface area contributed by atoms with Crippen LogP contribution in [0.5, 0.6) is 0 Å². The number of hydrogen-bond donors (Lipinski definition) is 2. The summed E-state index contributed by atoms with van der Waals surface area (Å²) in [6, 6.07) is 0. The molecule has 0 unspecified atom stereocenters. The molecule has 6 heteroatoms. The predicted octanol–water partition coefficient (Wildman–Crippen LogP) is 1.58. The lowest BCUT2D eigenvalue weighted by Gasteiger charge is -2.05. The lowest BCUT2D eigenvalue weighted by Crippen LogP contribution is -2.01. The van der Waals surface area contributed by atoms with E-state index >= 15 is 0 Å². The molecule has 0 aliphatic heterocycles. The van der Waals surface area contributed by atoms with Crippen molar-refractivity contribution >= 4 is 39.3 Å². The molecule has 0 aliphatic rings. The Morgan fingerprint density at radius 3 is 2.67 bits per heavy atom. The van der Waals surface area contributed by atoms with E-state index in [1.54, 1.807) is 7.05 Å². The molecule has 0 spiro atoms. The van der Waals surface area contributed by atoms with Crippen LogP contribution in [0.15, 0.2) is 9.63 Å². The Morgan fingerprint density at radius 2 is 2.17 bits per heavy atom. The zero-order chi connectivity index (χ0) is 9.14. The summed E-state index contributed by atoms with van der Waals surface area (Å²) in [4.78, 5) is 8.23. The summed E-state index contributed by atoms with van der Waals surface area (Å²) in [7, 11) is 1.79. The molecule has 66 valence electrons. The minimum Gasteiger partial charge on any atom is -0.383 e. The Labute approximate surface area is 83.5 Å². The highest BCUT2D eigenvalue weighted by Gasteiger charge is 2.07. The largest absolute Gasteiger partial charge is 0.383 e. The summed E-state index contributed by atoms with van der Waals surface area (Å²) < 4.78 is 0.711. The van der Waals surface area contributed by atoms with Gasteiger partial charge in [-0.2, -0.15) is 0 Å². The van der Waals surface area contributed by atoms with E-state index in [-0.39, 0.29) is 0 Å². The molecular formula is C6H9BrN4S. The van der Waals surface area contributed by atoms with Gasteiger partial charge < -0.3 is 11.1 Å². The van der Waals surface area contributed by atoms with Crippen molar-refractivity contribution in [2.45, 2.75) is 5.16 Å². The van der Waals surface area contributed by atoms with Gasteiger partial charge in [0.15, 0.2) is 5.16 Å². The molecule has 0 bridgehead atoms. The molecule has 0 aromatic carbocycles. The first-order chi connectivity index (χ1) is 5.69. The van der Waals surface area contributed by atoms with Gasteiger partial charge in [-0.05, 0) is 22.2 Å². The highest BCUT2D eigenvalue weighted by Crippen LogP contribution is 2.26. The van der Waals surface area contributed by atoms with Crippen LogP contribution < -0.4 is 11.1 Å². The van der Waals surface area contributed by atoms with Crippen molar-refractivity contribution in [1.82, 2.24) is 9.97 Å². The van der Waals surface area contributed by atoms with E-state index in [0.717, 1.165) is 0 Å². The summed E-state index contributed by atoms with van der Waals surface area (Å²) in [6.07, 6.45) is 1.90. The monoisotopic (exact) mass is 248 g/mol. The maximum Gasteiger partial charge on any atom is 0.191 e. The molecule has 1 heterocycles. The topological polar surface area (TPSA) is 63.8 Å². The highest BCUT2D eigenvalue weighted by atomic mass is 79.9. The van der Waals surface area contributed by atoms with Gasteiger partial charge in [-0.15, -0.1) is 0 Å². The summed E-state index contributed by atoms with van der Waals surface area (Å²) in [5.74, 6) is 1.17. The van der Waals surface area contributed by atoms with Crippen molar-refractivity contribution in [3.63, 3.8) is 0 Å². The van der Waals surface area contributed by atoms with E-state index in [0.29, 0.717) is 21.3 Å². The molecule has 1 aromatic heterocycles. The third-order valence-electron chi connectivity index (χ3n) is 1.28. The molecule has 4 nitrogen and oxygen atoms in total. The van der Waals surface area contributed by atoms with E-state index in [2.05, 4.69) is 31.2 Å². The zero-order valence-corrected chi connectivity index (χ0v) is 9.16. The lowest BCUT2D eigenvalue weighted by molar-refractivity contribution is 0.973. The van der Waals surface area contributed by atoms with Crippen molar-refractivity contribution < 1.29 is 0 Å². The van der Waals surface area contributed by atoms with Gasteiger partial charge in [0, 0.05) is 7.05 Å². The number of rotatable bonds is 2. The van der Waals surface area contributed by atoms with Gasteiger partial charge >= 0.3 is 0 Å². The van der Waals surface area contributed by atoms with Gasteiger partial charge in [-0.1, -0.05) is 11.8 Å². The van der Waals surface area contributed by atoms with Crippen LogP contribution in [-0.2, 0) is 0 Å². The van der Waals surface area contributed by atoms with Crippen molar-refractivity contribution in [3.05, 3.63) is 4.47 Å². The van der Waals surface area contributed by atoms with Crippen LogP contribution in [0.4, 0.5) is 11.6 Å². The number of thioether (sulfide) groups is 1. The first-order valence-corrected chi connectivity index (χ1v) is 5.25. The number of nitrogens with one attached hydrogen (secondary N) is 1. The van der Waals surface area contributed by atoms with E-state index in [4.69, 9.17) is 5.73 Å². The molecule has 0 radical (unpaired) electrons. The van der Waals surface area contributed by atoms with Gasteiger partial charge in [0.05, 0.1) is 0 Å². The number of halogens is 1. The van der Waals surface area contributed by atoms with Gasteiger partial charge in [-0.3, -0.25) is 0 Å². The van der Waals surface area contributed by atoms with E-state index in [1.807, 2.05) is 6.26 Å². The first-order valence-electron chi connectivity index (χ1n) is 3.23. The number of aromatic nitrogens is 2. The van der Waals surface area contributed by atoms with Crippen LogP contribution in [0.1, 0.15) is 0 Å². The van der Waals surface area contributed by atoms with Crippen LogP contribution >= 0.6 is 27.7 Å². The van der Waals surface area contributed by atoms with Crippen LogP contribution in [0.25, 0.3) is 0 Å². The van der Waals surface area contributed by atoms with Gasteiger partial charge in [-0.25, -0.2) is 9.97 Å². The van der Waals surface area contributed by atoms with Crippen LogP contribution in [-0.4, -0.2) is 23.3 Å². The molecule has 0 saturated heterocycles. The number of nitrogen functional groups attached to an aromatic ring is 1. The van der Waals surface area contributed by atoms with Gasteiger partial charge in [0.1, 0.15) is 16.1 Å². The summed E-state index contributed by atoms with van der Waals surface area (Å²) in [6.45, 7) is 0. The molecule has 0 amide bonds. The third kappa shape index (κ3) is 1.81. The number of nitrogens with zero attached hydrogens (tertiary/aromatic N) is 2. The summed E-state index contributed by atoms with van der Waals surface area (Å²) >= 11 is 4.74. The molecule has 0 saturated carbocycles. The molecule has 12 heavy (non-hydrogen) atoms. The van der Waals surface area contributed by atoms with Crippen LogP contribution in [0, 0.1) is 0 Å². The second-order valence-corrected chi connectivity index (χ2v) is 3.57. The Balaban J connectivity index is 3.19. The maximum atomic E-state index is 5.62. The molecule has 0 aliphatic carbocycles. The molecule has 1 rings (SSSR count). The van der Waals surface area contributed by atoms with Crippen molar-refractivity contribution in [2.75, 3.05) is 24.4 Å². The van der Waals surface area contributed by atoms with E-state index in [1.165, 1.54) is 11.8 Å². The Kier molecular flexibility index (Phi) is 3.16. The second-order valence-electron chi connectivity index (χ2n) is 2.01. The smallest absolute Gasteiger partial charge is 0.191 e. The molecule has 1 aromatic rings. The van der Waals surface area contributed by atoms with Gasteiger partial charge in [0.25, 0.3) is 0 Å². The number of anilines is 2. The Morgan fingerprint density at radius 1 is 1.50 bits per heavy atom. The average molecular weight is 249 g/mol. The predicted molar refractivity (Wildman–Crippen MR) is 55.5 cm³/mol. The fourth-order valence-electron chi connectivity index (χ4n) is 0.700. The van der Waals surface area contributed by atoms with Gasteiger partial charge in [0.2, 0.25) is 0 Å². The minimum absolute atomic E-state index is 0.457. The summed E-state index contributed by atoms with van der Waals surface area (Å²) in [5.41, 5.74) is 5.62. The number of hydrogen-bond acceptors (Lipinski definition) is 5. The quantitative estimate of drug-likeness (QED) is 0.615. The van der Waals surface area contributed by atoms with Crippen molar-refractivity contribution in [3.8, 4) is 0 Å². The Bertz CT molecular complexity index is 291. The third-order valence-corrected chi connectivity index (χ3v) is 2.61. The first kappa shape index (κ1) is 9.60. The molecule has 3 N–H and O–H groups in total. The van der Waals surface area contributed by atoms with E-state index < -0.39 is 0 Å². The van der Waals surface area contributed by atoms with Crippen molar-refractivity contribution in [1.29, 1.82) is 0 Å². The molecule has 0 fully saturated rings. The van der Waals surface area contributed by atoms with E-state index in [9.17, 15) is 0 Å². The summed E-state index contributed by atoms with van der Waals surface area (Å²) in [5, 5.41) is 3.59. The minimum atomic E-state index is 0.457. The molecular weight excluding hydrogens is 240 g/mol. The second kappa shape index (κ2) is 3.95. The highest BCUT2D eigenvalue weighted by molar-refractivity contribution is 9.10. The van der Waals surface area contributed by atoms with Crippen LogP contribution in [0.2, 0.25) is 0 Å². The lowest BCUT2D eigenvalue weighted by atomic mass is 10.5. The fraction of sp³-hybridized carbons (Fsp3) is 0.333. The van der Waals surface area contributed by atoms with Crippen molar-refractivity contribution in [2.24, 2.45) is 0 Å². The SMILES string of the molecule is CNc1nc(SC)nc(N)c1Br. The fourth-order valence-corrected chi connectivity index (χ4v) is 1.45. The maximum absolute atomic E-state index is 5.62. The average Bonchev–Trinajstić information content (AvgIpc) is 2.09. The van der Waals surface area contributed by atoms with Crippen LogP contribution in [0.3, 0.4) is 0 Å². The number of nitrogens with two attached hydrogens (primary N) is 1. The normalized spacial score (nSPS) is 9.92. The Hall–Kier alpha value is -0.490.